The molecule has 1 N–H and O–H groups in total. The number of benzene rings is 2. The van der Waals surface area contributed by atoms with Gasteiger partial charge in [0.05, 0.1) is 18.7 Å². The van der Waals surface area contributed by atoms with Gasteiger partial charge in [0, 0.05) is 12.6 Å². The maximum atomic E-state index is 10.5. The molecule has 0 aromatic heterocycles. The Kier molecular flexibility index (Phi) is 5.51. The molecular weight excluding hydrogens is 260 g/mol. The van der Waals surface area contributed by atoms with Crippen LogP contribution in [0.4, 0.5) is 0 Å². The van der Waals surface area contributed by atoms with Crippen LogP contribution in [0.3, 0.4) is 0 Å². The molecule has 3 heteroatoms. The molecule has 0 amide bonds. The molecule has 2 aromatic rings. The largest absolute Gasteiger partial charge is 0.387 e. The third-order valence-electron chi connectivity index (χ3n) is 3.68. The second kappa shape index (κ2) is 7.58. The van der Waals surface area contributed by atoms with E-state index in [1.165, 1.54) is 0 Å². The van der Waals surface area contributed by atoms with E-state index >= 15 is 0 Å². The van der Waals surface area contributed by atoms with Crippen molar-refractivity contribution in [3.05, 3.63) is 71.8 Å². The van der Waals surface area contributed by atoms with Crippen LogP contribution in [0, 0.1) is 11.3 Å². The lowest BCUT2D eigenvalue weighted by Crippen LogP contribution is -2.37. The molecule has 0 saturated carbocycles. The van der Waals surface area contributed by atoms with Crippen LogP contribution in [-0.2, 0) is 6.54 Å². The van der Waals surface area contributed by atoms with Gasteiger partial charge >= 0.3 is 0 Å². The number of hydrogen-bond acceptors (Lipinski definition) is 3. The van der Waals surface area contributed by atoms with Gasteiger partial charge in [0.2, 0.25) is 0 Å². The fourth-order valence-corrected chi connectivity index (χ4v) is 2.38. The van der Waals surface area contributed by atoms with Crippen LogP contribution in [0.25, 0.3) is 0 Å². The molecule has 0 unspecified atom stereocenters. The lowest BCUT2D eigenvalue weighted by atomic mass is 10.0. The van der Waals surface area contributed by atoms with E-state index in [9.17, 15) is 5.11 Å². The molecule has 0 spiro atoms. The van der Waals surface area contributed by atoms with Crippen LogP contribution in [0.15, 0.2) is 60.7 Å². The van der Waals surface area contributed by atoms with E-state index in [1.54, 1.807) is 0 Å². The average Bonchev–Trinajstić information content (AvgIpc) is 2.55. The Morgan fingerprint density at radius 1 is 1.05 bits per heavy atom. The summed E-state index contributed by atoms with van der Waals surface area (Å²) in [6.07, 6.45) is -0.608. The highest BCUT2D eigenvalue weighted by molar-refractivity contribution is 5.19. The maximum absolute atomic E-state index is 10.5. The zero-order valence-corrected chi connectivity index (χ0v) is 12.2. The molecule has 0 radical (unpaired) electrons. The van der Waals surface area contributed by atoms with Gasteiger partial charge in [0.25, 0.3) is 0 Å². The normalized spacial score (nSPS) is 13.6. The molecule has 0 heterocycles. The van der Waals surface area contributed by atoms with Crippen LogP contribution < -0.4 is 0 Å². The van der Waals surface area contributed by atoms with E-state index in [-0.39, 0.29) is 6.04 Å². The molecule has 2 rings (SSSR count). The minimum atomic E-state index is -0.608. The fraction of sp³-hybridized carbons (Fsp3) is 0.278. The number of nitriles is 1. The Hall–Kier alpha value is -2.15. The van der Waals surface area contributed by atoms with Gasteiger partial charge in [-0.1, -0.05) is 60.7 Å². The number of rotatable bonds is 6. The van der Waals surface area contributed by atoms with Crippen molar-refractivity contribution in [1.29, 1.82) is 5.26 Å². The molecular formula is C18H20N2O. The Bertz CT molecular complexity index is 577. The van der Waals surface area contributed by atoms with Gasteiger partial charge in [-0.25, -0.2) is 0 Å². The van der Waals surface area contributed by atoms with Gasteiger partial charge in [-0.2, -0.15) is 5.26 Å². The summed E-state index contributed by atoms with van der Waals surface area (Å²) < 4.78 is 0. The van der Waals surface area contributed by atoms with E-state index in [0.29, 0.717) is 13.1 Å². The standard InChI is InChI=1S/C18H20N2O/c1-15(18(21)17-10-6-3-7-11-17)20(13-12-19)14-16-8-4-2-5-9-16/h2-11,15,18,21H,13-14H2,1H3/t15-,18-/m0/s1. The van der Waals surface area contributed by atoms with Gasteiger partial charge in [-0.05, 0) is 18.1 Å². The summed E-state index contributed by atoms with van der Waals surface area (Å²) in [6, 6.07) is 21.6. The number of hydrogen-bond donors (Lipinski definition) is 1. The van der Waals surface area contributed by atoms with E-state index in [1.807, 2.05) is 72.5 Å². The highest BCUT2D eigenvalue weighted by atomic mass is 16.3. The maximum Gasteiger partial charge on any atom is 0.0942 e. The molecule has 0 fully saturated rings. The number of nitrogens with zero attached hydrogens (tertiary/aromatic N) is 2. The third-order valence-corrected chi connectivity index (χ3v) is 3.68. The van der Waals surface area contributed by atoms with Crippen molar-refractivity contribution in [2.75, 3.05) is 6.54 Å². The summed E-state index contributed by atoms with van der Waals surface area (Å²) in [5.74, 6) is 0. The molecule has 2 atom stereocenters. The average molecular weight is 280 g/mol. The Morgan fingerprint density at radius 3 is 2.19 bits per heavy atom. The van der Waals surface area contributed by atoms with Crippen LogP contribution in [0.2, 0.25) is 0 Å². The van der Waals surface area contributed by atoms with Crippen LogP contribution >= 0.6 is 0 Å². The molecule has 0 saturated heterocycles. The van der Waals surface area contributed by atoms with E-state index in [0.717, 1.165) is 11.1 Å². The Morgan fingerprint density at radius 2 is 1.62 bits per heavy atom. The minimum absolute atomic E-state index is 0.132. The van der Waals surface area contributed by atoms with E-state index < -0.39 is 6.10 Å². The van der Waals surface area contributed by atoms with Gasteiger partial charge in [0.15, 0.2) is 0 Å². The topological polar surface area (TPSA) is 47.3 Å². The highest BCUT2D eigenvalue weighted by Gasteiger charge is 2.23. The second-order valence-corrected chi connectivity index (χ2v) is 5.14. The second-order valence-electron chi connectivity index (χ2n) is 5.14. The molecule has 0 bridgehead atoms. The zero-order chi connectivity index (χ0) is 15.1. The smallest absolute Gasteiger partial charge is 0.0942 e. The zero-order valence-electron chi connectivity index (χ0n) is 12.2. The van der Waals surface area contributed by atoms with Crippen molar-refractivity contribution in [2.45, 2.75) is 25.6 Å². The van der Waals surface area contributed by atoms with Crippen LogP contribution in [0.5, 0.6) is 0 Å². The summed E-state index contributed by atoms with van der Waals surface area (Å²) in [5.41, 5.74) is 2.01. The quantitative estimate of drug-likeness (QED) is 0.827. The minimum Gasteiger partial charge on any atom is -0.387 e. The predicted molar refractivity (Wildman–Crippen MR) is 83.3 cm³/mol. The summed E-state index contributed by atoms with van der Waals surface area (Å²) in [5, 5.41) is 19.6. The molecule has 2 aromatic carbocycles. The third kappa shape index (κ3) is 4.16. The first-order valence-corrected chi connectivity index (χ1v) is 7.10. The lowest BCUT2D eigenvalue weighted by Gasteiger charge is -2.30. The van der Waals surface area contributed by atoms with E-state index in [2.05, 4.69) is 6.07 Å². The monoisotopic (exact) mass is 280 g/mol. The summed E-state index contributed by atoms with van der Waals surface area (Å²) >= 11 is 0. The number of aliphatic hydroxyl groups excluding tert-OH is 1. The summed E-state index contributed by atoms with van der Waals surface area (Å²) in [4.78, 5) is 1.99. The molecule has 0 aliphatic carbocycles. The van der Waals surface area contributed by atoms with Gasteiger partial charge in [-0.3, -0.25) is 4.90 Å². The SMILES string of the molecule is C[C@@H]([C@H](O)c1ccccc1)N(CC#N)Cc1ccccc1. The fourth-order valence-electron chi connectivity index (χ4n) is 2.38. The predicted octanol–water partition coefficient (Wildman–Crippen LogP) is 3.13. The van der Waals surface area contributed by atoms with Crippen molar-refractivity contribution in [3.8, 4) is 6.07 Å². The van der Waals surface area contributed by atoms with Crippen LogP contribution in [0.1, 0.15) is 24.2 Å². The van der Waals surface area contributed by atoms with Crippen LogP contribution in [-0.4, -0.2) is 22.6 Å². The summed E-state index contributed by atoms with van der Waals surface area (Å²) in [7, 11) is 0. The first-order valence-electron chi connectivity index (χ1n) is 7.10. The molecule has 3 nitrogen and oxygen atoms in total. The Balaban J connectivity index is 2.12. The lowest BCUT2D eigenvalue weighted by molar-refractivity contribution is 0.0611. The van der Waals surface area contributed by atoms with Gasteiger partial charge in [-0.15, -0.1) is 0 Å². The number of aliphatic hydroxyl groups is 1. The molecule has 108 valence electrons. The molecule has 21 heavy (non-hydrogen) atoms. The first-order chi connectivity index (χ1) is 10.2. The summed E-state index contributed by atoms with van der Waals surface area (Å²) in [6.45, 7) is 2.90. The van der Waals surface area contributed by atoms with Gasteiger partial charge in [0.1, 0.15) is 0 Å². The highest BCUT2D eigenvalue weighted by Crippen LogP contribution is 2.22. The van der Waals surface area contributed by atoms with Crippen molar-refractivity contribution >= 4 is 0 Å². The van der Waals surface area contributed by atoms with Crippen molar-refractivity contribution in [2.24, 2.45) is 0 Å². The van der Waals surface area contributed by atoms with Gasteiger partial charge < -0.3 is 5.11 Å². The first kappa shape index (κ1) is 15.2. The van der Waals surface area contributed by atoms with Crippen molar-refractivity contribution < 1.29 is 5.11 Å². The molecule has 0 aliphatic rings. The van der Waals surface area contributed by atoms with Crippen molar-refractivity contribution in [1.82, 2.24) is 4.90 Å². The molecule has 0 aliphatic heterocycles. The van der Waals surface area contributed by atoms with E-state index in [4.69, 9.17) is 5.26 Å². The van der Waals surface area contributed by atoms with Crippen molar-refractivity contribution in [3.63, 3.8) is 0 Å². The Labute approximate surface area is 126 Å².